The van der Waals surface area contributed by atoms with Gasteiger partial charge < -0.3 is 10.5 Å². The number of methoxy groups -OCH3 is 1. The molecule has 11 heavy (non-hydrogen) atoms. The molecule has 0 aromatic carbocycles. The Kier molecular flexibility index (Phi) is 2.34. The molecule has 0 aliphatic rings. The minimum absolute atomic E-state index is 0.575. The normalized spacial score (nSPS) is 9.73. The van der Waals surface area contributed by atoms with Crippen molar-refractivity contribution < 1.29 is 4.74 Å². The van der Waals surface area contributed by atoms with E-state index < -0.39 is 0 Å². The summed E-state index contributed by atoms with van der Waals surface area (Å²) in [6.45, 7) is 1.87. The van der Waals surface area contributed by atoms with Crippen LogP contribution in [-0.4, -0.2) is 12.1 Å². The first-order chi connectivity index (χ1) is 5.16. The molecule has 60 valence electrons. The lowest BCUT2D eigenvalue weighted by Gasteiger charge is -2.06. The Balaban J connectivity index is 3.25. The molecule has 0 spiro atoms. The van der Waals surface area contributed by atoms with Gasteiger partial charge in [-0.25, -0.2) is 4.98 Å². The van der Waals surface area contributed by atoms with Gasteiger partial charge in [0.2, 0.25) is 5.88 Å². The summed E-state index contributed by atoms with van der Waals surface area (Å²) in [6, 6.07) is 0. The van der Waals surface area contributed by atoms with Gasteiger partial charge in [-0.1, -0.05) is 0 Å². The molecule has 1 aromatic heterocycles. The predicted molar refractivity (Wildman–Crippen MR) is 47.6 cm³/mol. The Hall–Kier alpha value is -0.770. The van der Waals surface area contributed by atoms with E-state index in [4.69, 9.17) is 10.5 Å². The predicted octanol–water partition coefficient (Wildman–Crippen LogP) is 1.74. The molecule has 3 nitrogen and oxygen atoms in total. The van der Waals surface area contributed by atoms with E-state index in [9.17, 15) is 0 Å². The number of aromatic nitrogens is 1. The molecule has 1 heterocycles. The van der Waals surface area contributed by atoms with Gasteiger partial charge in [-0.3, -0.25) is 0 Å². The second-order valence-corrected chi connectivity index (χ2v) is 3.01. The van der Waals surface area contributed by atoms with E-state index >= 15 is 0 Å². The van der Waals surface area contributed by atoms with Crippen LogP contribution >= 0.6 is 15.9 Å². The summed E-state index contributed by atoms with van der Waals surface area (Å²) < 4.78 is 5.77. The van der Waals surface area contributed by atoms with Crippen LogP contribution in [0.4, 0.5) is 5.69 Å². The third-order valence-corrected chi connectivity index (χ3v) is 2.10. The Morgan fingerprint density at radius 3 is 2.82 bits per heavy atom. The highest BCUT2D eigenvalue weighted by Crippen LogP contribution is 2.27. The molecule has 0 fully saturated rings. The van der Waals surface area contributed by atoms with E-state index in [1.54, 1.807) is 13.3 Å². The number of hydrogen-bond acceptors (Lipinski definition) is 3. The quantitative estimate of drug-likeness (QED) is 0.779. The smallest absolute Gasteiger partial charge is 0.218 e. The molecule has 0 unspecified atom stereocenters. The number of pyridine rings is 1. The van der Waals surface area contributed by atoms with E-state index in [0.717, 1.165) is 10.0 Å². The third kappa shape index (κ3) is 1.45. The minimum Gasteiger partial charge on any atom is -0.481 e. The zero-order chi connectivity index (χ0) is 8.43. The summed E-state index contributed by atoms with van der Waals surface area (Å²) in [7, 11) is 1.57. The van der Waals surface area contributed by atoms with Gasteiger partial charge in [0.15, 0.2) is 0 Å². The summed E-state index contributed by atoms with van der Waals surface area (Å²) in [6.07, 6.45) is 1.63. The fraction of sp³-hybridized carbons (Fsp3) is 0.286. The molecule has 0 saturated carbocycles. The van der Waals surface area contributed by atoms with Crippen molar-refractivity contribution in [2.24, 2.45) is 0 Å². The number of ether oxygens (including phenoxy) is 1. The number of nitrogen functional groups attached to an aromatic ring is 1. The van der Waals surface area contributed by atoms with Crippen LogP contribution in [0.3, 0.4) is 0 Å². The van der Waals surface area contributed by atoms with Crippen molar-refractivity contribution in [1.29, 1.82) is 0 Å². The molecule has 0 amide bonds. The number of halogens is 1. The molecule has 0 atom stereocenters. The lowest BCUT2D eigenvalue weighted by molar-refractivity contribution is 0.395. The third-order valence-electron chi connectivity index (χ3n) is 1.47. The Morgan fingerprint density at radius 2 is 2.27 bits per heavy atom. The summed E-state index contributed by atoms with van der Waals surface area (Å²) in [5.74, 6) is 0.575. The summed E-state index contributed by atoms with van der Waals surface area (Å²) in [5.41, 5.74) is 7.23. The number of anilines is 1. The molecule has 4 heteroatoms. The molecule has 0 aliphatic heterocycles. The zero-order valence-electron chi connectivity index (χ0n) is 6.39. The molecule has 1 rings (SSSR count). The zero-order valence-corrected chi connectivity index (χ0v) is 7.97. The van der Waals surface area contributed by atoms with Gasteiger partial charge in [0.1, 0.15) is 0 Å². The molecule has 2 N–H and O–H groups in total. The fourth-order valence-electron chi connectivity index (χ4n) is 0.782. The van der Waals surface area contributed by atoms with Crippen molar-refractivity contribution >= 4 is 21.6 Å². The van der Waals surface area contributed by atoms with Gasteiger partial charge in [-0.05, 0) is 22.9 Å². The number of nitrogens with zero attached hydrogens (tertiary/aromatic N) is 1. The topological polar surface area (TPSA) is 48.1 Å². The van der Waals surface area contributed by atoms with Crippen molar-refractivity contribution in [2.75, 3.05) is 12.8 Å². The summed E-state index contributed by atoms with van der Waals surface area (Å²) in [5, 5.41) is 0. The van der Waals surface area contributed by atoms with Gasteiger partial charge >= 0.3 is 0 Å². The largest absolute Gasteiger partial charge is 0.481 e. The first kappa shape index (κ1) is 8.33. The SMILES string of the molecule is COc1ncc(Br)c(N)c1C. The van der Waals surface area contributed by atoms with Gasteiger partial charge in [0.05, 0.1) is 17.3 Å². The van der Waals surface area contributed by atoms with Crippen LogP contribution < -0.4 is 10.5 Å². The Morgan fingerprint density at radius 1 is 1.64 bits per heavy atom. The van der Waals surface area contributed by atoms with Crippen LogP contribution in [-0.2, 0) is 0 Å². The van der Waals surface area contributed by atoms with Gasteiger partial charge in [-0.15, -0.1) is 0 Å². The molecule has 1 aromatic rings. The van der Waals surface area contributed by atoms with E-state index in [1.807, 2.05) is 6.92 Å². The molecule has 0 saturated heterocycles. The fourth-order valence-corrected chi connectivity index (χ4v) is 1.18. The van der Waals surface area contributed by atoms with E-state index in [2.05, 4.69) is 20.9 Å². The average molecular weight is 217 g/mol. The van der Waals surface area contributed by atoms with Gasteiger partial charge in [0, 0.05) is 11.8 Å². The lowest BCUT2D eigenvalue weighted by Crippen LogP contribution is -1.97. The molecular formula is C7H9BrN2O. The molecule has 0 aliphatic carbocycles. The van der Waals surface area contributed by atoms with Crippen LogP contribution in [0.15, 0.2) is 10.7 Å². The second kappa shape index (κ2) is 3.09. The number of rotatable bonds is 1. The Labute approximate surface area is 73.7 Å². The number of hydrogen-bond donors (Lipinski definition) is 1. The monoisotopic (exact) mass is 216 g/mol. The first-order valence-corrected chi connectivity index (χ1v) is 3.90. The van der Waals surface area contributed by atoms with Crippen LogP contribution in [0, 0.1) is 6.92 Å². The second-order valence-electron chi connectivity index (χ2n) is 2.15. The van der Waals surface area contributed by atoms with Crippen molar-refractivity contribution in [3.8, 4) is 5.88 Å². The van der Waals surface area contributed by atoms with Crippen molar-refractivity contribution in [3.05, 3.63) is 16.2 Å². The Bertz CT molecular complexity index is 275. The highest BCUT2D eigenvalue weighted by Gasteiger charge is 2.05. The van der Waals surface area contributed by atoms with E-state index in [-0.39, 0.29) is 0 Å². The van der Waals surface area contributed by atoms with Crippen LogP contribution in [0.5, 0.6) is 5.88 Å². The summed E-state index contributed by atoms with van der Waals surface area (Å²) >= 11 is 3.27. The van der Waals surface area contributed by atoms with Gasteiger partial charge in [0.25, 0.3) is 0 Å². The number of nitrogens with two attached hydrogens (primary N) is 1. The standard InChI is InChI=1S/C7H9BrN2O/c1-4-6(9)5(8)3-10-7(4)11-2/h3H,1-2H3,(H2,9,10). The van der Waals surface area contributed by atoms with Crippen LogP contribution in [0.1, 0.15) is 5.56 Å². The molecular weight excluding hydrogens is 208 g/mol. The maximum absolute atomic E-state index is 5.69. The lowest BCUT2D eigenvalue weighted by atomic mass is 10.2. The first-order valence-electron chi connectivity index (χ1n) is 3.11. The highest BCUT2D eigenvalue weighted by atomic mass is 79.9. The maximum Gasteiger partial charge on any atom is 0.218 e. The average Bonchev–Trinajstić information content (AvgIpc) is 2.01. The van der Waals surface area contributed by atoms with Crippen LogP contribution in [0.2, 0.25) is 0 Å². The van der Waals surface area contributed by atoms with Crippen molar-refractivity contribution in [1.82, 2.24) is 4.98 Å². The van der Waals surface area contributed by atoms with Crippen molar-refractivity contribution in [2.45, 2.75) is 6.92 Å². The van der Waals surface area contributed by atoms with Gasteiger partial charge in [-0.2, -0.15) is 0 Å². The minimum atomic E-state index is 0.575. The molecule has 0 radical (unpaired) electrons. The molecule has 0 bridgehead atoms. The van der Waals surface area contributed by atoms with Crippen LogP contribution in [0.25, 0.3) is 0 Å². The van der Waals surface area contributed by atoms with Crippen molar-refractivity contribution in [3.63, 3.8) is 0 Å². The summed E-state index contributed by atoms with van der Waals surface area (Å²) in [4.78, 5) is 4.01. The van der Waals surface area contributed by atoms with E-state index in [1.165, 1.54) is 0 Å². The highest BCUT2D eigenvalue weighted by molar-refractivity contribution is 9.10. The maximum atomic E-state index is 5.69. The van der Waals surface area contributed by atoms with E-state index in [0.29, 0.717) is 11.6 Å².